The van der Waals surface area contributed by atoms with Crippen molar-refractivity contribution in [1.82, 2.24) is 30.9 Å². The molecule has 0 bridgehead atoms. The largest absolute Gasteiger partial charge is 1.00 e. The fraction of sp³-hybridized carbons (Fsp3) is 0.567. The van der Waals surface area contributed by atoms with Gasteiger partial charge in [0.05, 0.1) is 22.7 Å². The summed E-state index contributed by atoms with van der Waals surface area (Å²) < 4.78 is 73.9. The van der Waals surface area contributed by atoms with E-state index in [4.69, 9.17) is 63.9 Å². The molecule has 5 aromatic heterocycles. The van der Waals surface area contributed by atoms with Crippen LogP contribution in [-0.4, -0.2) is 140 Å². The molecule has 5 amide bonds. The number of anilines is 4. The van der Waals surface area contributed by atoms with Gasteiger partial charge in [0.25, 0.3) is 18.3 Å². The van der Waals surface area contributed by atoms with Crippen molar-refractivity contribution in [1.29, 1.82) is 5.26 Å². The van der Waals surface area contributed by atoms with Crippen LogP contribution in [-0.2, 0) is 53.3 Å². The molecule has 0 saturated carbocycles. The number of carbonyl (C=O) groups is 6. The zero-order valence-corrected chi connectivity index (χ0v) is 66.4. The average molecular weight is 1530 g/mol. The molecule has 28 nitrogen and oxygen atoms in total. The van der Waals surface area contributed by atoms with E-state index in [-0.39, 0.29) is 150 Å². The summed E-state index contributed by atoms with van der Waals surface area (Å²) in [6, 6.07) is 7.60. The third-order valence-electron chi connectivity index (χ3n) is 14.0. The van der Waals surface area contributed by atoms with Crippen LogP contribution in [0.25, 0.3) is 20.4 Å². The van der Waals surface area contributed by atoms with E-state index in [0.29, 0.717) is 39.3 Å². The SMILES string of the molecule is CC(C)(C)OC(=O)NC1CCNCC1.CCCc1cc(N2CCC(N)CC2)nc2sc(C(N)=O)c(N)c12.CCCc1cc(N2CCC(NC(=O)OC(C)(C)C)CC2)nc2sc(C(N)=O)c(N)c12.CCCc1cc(OS(=O)(=O)C(F)(F)F)nc(SCC(N)=O)c1C#N.Cl.Cl.O=CO[O-].[H-].[Na+].[Na+]. The smallest absolute Gasteiger partial charge is 1.00 e. The van der Waals surface area contributed by atoms with Crippen molar-refractivity contribution >= 4 is 149 Å². The Balaban J connectivity index is 0. The number of primary amides is 3. The quantitative estimate of drug-likeness (QED) is 0.0115. The number of aryl methyl sites for hydroxylation is 3. The fourth-order valence-corrected chi connectivity index (χ4v) is 13.0. The molecule has 0 atom stereocenters. The molecular weight excluding hydrogens is 1440 g/mol. The van der Waals surface area contributed by atoms with Crippen molar-refractivity contribution < 1.29 is 135 Å². The molecule has 8 heterocycles. The minimum absolute atomic E-state index is 0. The predicted octanol–water partition coefficient (Wildman–Crippen LogP) is 1.65. The summed E-state index contributed by atoms with van der Waals surface area (Å²) >= 11 is 3.25. The van der Waals surface area contributed by atoms with Crippen LogP contribution < -0.4 is 129 Å². The molecule has 15 N–H and O–H groups in total. The second-order valence-corrected chi connectivity index (χ2v) is 28.6. The number of thiophene rings is 2. The first-order chi connectivity index (χ1) is 44.5. The van der Waals surface area contributed by atoms with Crippen LogP contribution in [0.5, 0.6) is 5.88 Å². The molecule has 39 heteroatoms. The number of aromatic nitrogens is 3. The molecule has 0 aromatic carbocycles. The average Bonchev–Trinajstić information content (AvgIpc) is 1.68. The minimum Gasteiger partial charge on any atom is -1.00 e. The van der Waals surface area contributed by atoms with Gasteiger partial charge in [0.2, 0.25) is 11.8 Å². The van der Waals surface area contributed by atoms with Crippen molar-refractivity contribution in [3.63, 3.8) is 0 Å². The van der Waals surface area contributed by atoms with E-state index in [0.717, 1.165) is 153 Å². The maximum absolute atomic E-state index is 12.4. The number of alkyl carbamates (subject to hydrolysis) is 2. The number of carbonyl (C=O) groups excluding carboxylic acids is 6. The third-order valence-corrected chi connectivity index (χ3v) is 18.2. The van der Waals surface area contributed by atoms with Crippen molar-refractivity contribution in [2.24, 2.45) is 22.9 Å². The first-order valence-electron chi connectivity index (χ1n) is 30.6. The van der Waals surface area contributed by atoms with Crippen molar-refractivity contribution in [3.05, 3.63) is 50.2 Å². The molecule has 3 fully saturated rings. The monoisotopic (exact) mass is 1530 g/mol. The molecule has 0 spiro atoms. The van der Waals surface area contributed by atoms with Gasteiger partial charge in [-0.3, -0.25) is 19.2 Å². The van der Waals surface area contributed by atoms with Gasteiger partial charge in [-0.15, -0.1) is 47.5 Å². The molecule has 3 aliphatic heterocycles. The molecule has 0 aliphatic carbocycles. The Morgan fingerprint density at radius 2 is 1.12 bits per heavy atom. The van der Waals surface area contributed by atoms with Gasteiger partial charge in [0.15, 0.2) is 0 Å². The zero-order chi connectivity index (χ0) is 71.2. The number of halogens is 5. The van der Waals surface area contributed by atoms with E-state index >= 15 is 0 Å². The van der Waals surface area contributed by atoms with Gasteiger partial charge in [0, 0.05) is 61.1 Å². The Labute approximate surface area is 645 Å². The Bertz CT molecular complexity index is 3630. The summed E-state index contributed by atoms with van der Waals surface area (Å²) in [4.78, 5) is 88.7. The number of pyridine rings is 3. The van der Waals surface area contributed by atoms with Gasteiger partial charge in [0.1, 0.15) is 53.3 Å². The summed E-state index contributed by atoms with van der Waals surface area (Å²) in [6.07, 6.45) is 9.38. The molecular formula is C60H90Cl2F3N15Na2O13S4. The van der Waals surface area contributed by atoms with Crippen LogP contribution >= 0.6 is 59.2 Å². The van der Waals surface area contributed by atoms with Gasteiger partial charge in [-0.25, -0.2) is 24.5 Å². The number of hydrogen-bond acceptors (Lipinski definition) is 26. The molecule has 0 unspecified atom stereocenters. The first kappa shape index (κ1) is 93.8. The Morgan fingerprint density at radius 1 is 0.727 bits per heavy atom. The van der Waals surface area contributed by atoms with Crippen LogP contribution in [0.1, 0.15) is 163 Å². The van der Waals surface area contributed by atoms with Gasteiger partial charge in [-0.05, 0) is 141 Å². The topological polar surface area (TPSA) is 458 Å². The number of nitrogen functional groups attached to an aromatic ring is 2. The number of nitrogens with two attached hydrogens (primary N) is 6. The summed E-state index contributed by atoms with van der Waals surface area (Å²) in [5, 5.41) is 28.3. The molecule has 99 heavy (non-hydrogen) atoms. The standard InChI is InChI=1S/C21H31N5O3S.C16H23N5OS.C12H12F3N3O4S2.C10H20N2O2.CH2O3.2ClH.2Na.H/c1-5-6-12-11-14(25-19-15(12)16(22)17(30-19)18(23)27)26-9-7-13(8-10-26)24-20(28)29-21(2,3)4;1-2-3-9-8-11(21-6-4-10(17)5-7-21)20-16-12(9)13(18)14(23-16)15(19)22;1-2-3-7-4-10(22-24(20,21)12(13,14)15)18-11(8(7)5-16)23-6-9(17)19;1-10(2,3)14-9(13)12-8-4-6-11-7-5-8;2-1-4-3;;;;;/h11,13H,5-10,22H2,1-4H3,(H2,23,27)(H,24,28);8,10H,2-7,17-18H2,1H3,(H2,19,22);4H,2-3,6H2,1H3,(H2,17,19);8,11H,4-7H2,1-3H3,(H,12,13);1,3H;2*1H;;;/q;;;;;;;2*+1;-1/p-1. The number of fused-ring (bicyclic) bond motifs is 2. The fourth-order valence-electron chi connectivity index (χ4n) is 9.87. The summed E-state index contributed by atoms with van der Waals surface area (Å²) in [6.45, 7) is 22.3. The molecule has 8 rings (SSSR count). The van der Waals surface area contributed by atoms with E-state index in [1.165, 1.54) is 22.7 Å². The third kappa shape index (κ3) is 30.0. The molecule has 3 aliphatic rings. The number of rotatable bonds is 18. The van der Waals surface area contributed by atoms with Crippen molar-refractivity contribution in [2.45, 2.75) is 179 Å². The molecule has 544 valence electrons. The zero-order valence-electron chi connectivity index (χ0n) is 58.5. The maximum atomic E-state index is 12.4. The summed E-state index contributed by atoms with van der Waals surface area (Å²) in [5.41, 5.74) is 31.2. The summed E-state index contributed by atoms with van der Waals surface area (Å²) in [7, 11) is -5.90. The van der Waals surface area contributed by atoms with E-state index < -0.39 is 50.4 Å². The number of nitrogens with one attached hydrogen (secondary N) is 3. The number of amides is 5. The number of thioether (sulfide) groups is 1. The number of ether oxygens (including phenoxy) is 2. The number of nitriles is 1. The normalized spacial score (nSPS) is 14.2. The van der Waals surface area contributed by atoms with Crippen LogP contribution in [0.4, 0.5) is 45.8 Å². The van der Waals surface area contributed by atoms with Gasteiger partial charge < -0.3 is 85.4 Å². The first-order valence-corrected chi connectivity index (χ1v) is 34.6. The Morgan fingerprint density at radius 3 is 1.47 bits per heavy atom. The van der Waals surface area contributed by atoms with E-state index in [9.17, 15) is 50.8 Å². The van der Waals surface area contributed by atoms with Gasteiger partial charge >= 0.3 is 86.9 Å². The van der Waals surface area contributed by atoms with Crippen LogP contribution in [0.3, 0.4) is 0 Å². The Hall–Kier alpha value is -5.17. The molecule has 3 saturated heterocycles. The second-order valence-electron chi connectivity index (χ2n) is 24.1. The molecule has 0 radical (unpaired) electrons. The predicted molar refractivity (Wildman–Crippen MR) is 374 cm³/mol. The minimum atomic E-state index is -5.90. The van der Waals surface area contributed by atoms with Gasteiger partial charge in [-0.1, -0.05) is 51.8 Å². The second kappa shape index (κ2) is 43.7. The van der Waals surface area contributed by atoms with Crippen LogP contribution in [0.2, 0.25) is 0 Å². The van der Waals surface area contributed by atoms with E-state index in [1.54, 1.807) is 6.92 Å². The molecule has 5 aromatic rings. The van der Waals surface area contributed by atoms with Crippen LogP contribution in [0.15, 0.2) is 23.2 Å². The number of nitrogens with zero attached hydrogens (tertiary/aromatic N) is 6. The van der Waals surface area contributed by atoms with Crippen molar-refractivity contribution in [3.8, 4) is 11.9 Å². The van der Waals surface area contributed by atoms with E-state index in [1.807, 2.05) is 47.6 Å². The van der Waals surface area contributed by atoms with Crippen LogP contribution in [0, 0.1) is 11.3 Å². The number of alkyl halides is 3. The van der Waals surface area contributed by atoms with Gasteiger partial charge in [-0.2, -0.15) is 26.9 Å². The summed E-state index contributed by atoms with van der Waals surface area (Å²) in [5.74, 6) is -1.04. The maximum Gasteiger partial charge on any atom is 1.00 e. The van der Waals surface area contributed by atoms with E-state index in [2.05, 4.69) is 65.8 Å². The number of hydrogen-bond donors (Lipinski definition) is 9. The number of piperidine rings is 3. The van der Waals surface area contributed by atoms with Crippen molar-refractivity contribution in [2.75, 3.05) is 66.3 Å². The Kier molecular flexibility index (Phi) is 41.4.